The minimum absolute atomic E-state index is 0.164. The zero-order valence-electron chi connectivity index (χ0n) is 4.76. The number of hydrogen-bond acceptors (Lipinski definition) is 2. The Morgan fingerprint density at radius 3 is 2.38 bits per heavy atom. The molecule has 0 rings (SSSR count). The molecular formula is C4H10N4. The molecule has 0 aliphatic carbocycles. The third-order valence-corrected chi connectivity index (χ3v) is 0.588. The zero-order chi connectivity index (χ0) is 6.57. The second kappa shape index (κ2) is 3.04. The largest absolute Gasteiger partial charge is 0.369 e. The van der Waals surface area contributed by atoms with E-state index in [4.69, 9.17) is 17.0 Å². The van der Waals surface area contributed by atoms with Crippen molar-refractivity contribution in [2.24, 2.45) is 11.6 Å². The van der Waals surface area contributed by atoms with Gasteiger partial charge in [0.25, 0.3) is 0 Å². The molecule has 0 heterocycles. The summed E-state index contributed by atoms with van der Waals surface area (Å²) < 4.78 is 0. The average Bonchev–Trinajstić information content (AvgIpc) is 1.67. The fraction of sp³-hybridized carbons (Fsp3) is 0.250. The maximum absolute atomic E-state index is 6.73. The van der Waals surface area contributed by atoms with Crippen LogP contribution in [-0.4, -0.2) is 11.0 Å². The van der Waals surface area contributed by atoms with E-state index in [0.717, 1.165) is 5.01 Å². The molecule has 0 bridgehead atoms. The Kier molecular flexibility index (Phi) is 2.64. The highest BCUT2D eigenvalue weighted by Gasteiger charge is 1.88. The number of rotatable bonds is 1. The lowest BCUT2D eigenvalue weighted by Gasteiger charge is -2.07. The molecule has 46 valence electrons. The molecule has 4 heteroatoms. The second-order valence-corrected chi connectivity index (χ2v) is 1.27. The summed E-state index contributed by atoms with van der Waals surface area (Å²) >= 11 is 0. The number of hydrogen-bond donors (Lipinski definition) is 3. The van der Waals surface area contributed by atoms with Crippen molar-refractivity contribution in [1.29, 1.82) is 5.41 Å². The first kappa shape index (κ1) is 6.97. The first-order chi connectivity index (χ1) is 3.68. The predicted octanol–water partition coefficient (Wildman–Crippen LogP) is -0.411. The highest BCUT2D eigenvalue weighted by atomic mass is 15.4. The average molecular weight is 114 g/mol. The van der Waals surface area contributed by atoms with Gasteiger partial charge in [0.15, 0.2) is 0 Å². The van der Waals surface area contributed by atoms with Crippen molar-refractivity contribution in [2.45, 2.75) is 6.92 Å². The van der Waals surface area contributed by atoms with Crippen molar-refractivity contribution >= 4 is 5.96 Å². The third kappa shape index (κ3) is 2.20. The predicted molar refractivity (Wildman–Crippen MR) is 32.8 cm³/mol. The molecule has 0 fully saturated rings. The Hall–Kier alpha value is -1.03. The van der Waals surface area contributed by atoms with Crippen LogP contribution in [0.25, 0.3) is 0 Å². The van der Waals surface area contributed by atoms with Gasteiger partial charge in [-0.2, -0.15) is 0 Å². The van der Waals surface area contributed by atoms with Crippen LogP contribution in [0.5, 0.6) is 0 Å². The Labute approximate surface area is 48.2 Å². The van der Waals surface area contributed by atoms with Crippen molar-refractivity contribution < 1.29 is 0 Å². The number of guanidine groups is 1. The van der Waals surface area contributed by atoms with Crippen LogP contribution in [0.2, 0.25) is 0 Å². The van der Waals surface area contributed by atoms with Crippen LogP contribution in [0.15, 0.2) is 12.3 Å². The Balaban J connectivity index is 3.64. The molecule has 0 radical (unpaired) electrons. The summed E-state index contributed by atoms with van der Waals surface area (Å²) in [5.74, 6) is 4.96. The third-order valence-electron chi connectivity index (χ3n) is 0.588. The number of hydrazine groups is 1. The van der Waals surface area contributed by atoms with E-state index in [1.807, 2.05) is 0 Å². The van der Waals surface area contributed by atoms with Gasteiger partial charge in [0.1, 0.15) is 0 Å². The van der Waals surface area contributed by atoms with E-state index in [2.05, 4.69) is 0 Å². The van der Waals surface area contributed by atoms with Gasteiger partial charge < -0.3 is 5.73 Å². The van der Waals surface area contributed by atoms with E-state index in [1.54, 1.807) is 13.0 Å². The molecule has 0 saturated heterocycles. The van der Waals surface area contributed by atoms with Crippen molar-refractivity contribution in [3.05, 3.63) is 12.3 Å². The molecule has 0 aromatic heterocycles. The van der Waals surface area contributed by atoms with Gasteiger partial charge in [-0.3, -0.25) is 10.4 Å². The Bertz CT molecular complexity index is 107. The molecule has 0 amide bonds. The van der Waals surface area contributed by atoms with Gasteiger partial charge >= 0.3 is 0 Å². The van der Waals surface area contributed by atoms with Crippen LogP contribution in [-0.2, 0) is 0 Å². The fourth-order valence-corrected chi connectivity index (χ4v) is 0.241. The van der Waals surface area contributed by atoms with Crippen molar-refractivity contribution in [3.63, 3.8) is 0 Å². The minimum Gasteiger partial charge on any atom is -0.369 e. The van der Waals surface area contributed by atoms with Crippen LogP contribution < -0.4 is 11.6 Å². The molecule has 8 heavy (non-hydrogen) atoms. The molecule has 0 spiro atoms. The van der Waals surface area contributed by atoms with Crippen LogP contribution in [0.4, 0.5) is 0 Å². The molecule has 5 N–H and O–H groups in total. The molecule has 0 atom stereocenters. The zero-order valence-corrected chi connectivity index (χ0v) is 4.76. The lowest BCUT2D eigenvalue weighted by molar-refractivity contribution is 0.583. The lowest BCUT2D eigenvalue weighted by atomic mass is 10.7. The normalized spacial score (nSPS) is 9.75. The van der Waals surface area contributed by atoms with Gasteiger partial charge in [-0.25, -0.2) is 5.84 Å². The van der Waals surface area contributed by atoms with Crippen molar-refractivity contribution in [2.75, 3.05) is 0 Å². The summed E-state index contributed by atoms with van der Waals surface area (Å²) in [5, 5.41) is 7.76. The summed E-state index contributed by atoms with van der Waals surface area (Å²) in [4.78, 5) is 0. The SMILES string of the molecule is C/C=C/N(N)C(=N)N. The highest BCUT2D eigenvalue weighted by molar-refractivity contribution is 5.74. The fourth-order valence-electron chi connectivity index (χ4n) is 0.241. The lowest BCUT2D eigenvalue weighted by Crippen LogP contribution is -2.37. The molecule has 0 aromatic carbocycles. The van der Waals surface area contributed by atoms with E-state index in [9.17, 15) is 0 Å². The molecule has 0 aromatic rings. The standard InChI is InChI=1S/C4H10N4/c1-2-3-8(7)4(5)6/h2-3H,7H2,1H3,(H3,5,6)/b3-2+. The second-order valence-electron chi connectivity index (χ2n) is 1.27. The number of nitrogens with zero attached hydrogens (tertiary/aromatic N) is 1. The topological polar surface area (TPSA) is 79.1 Å². The highest BCUT2D eigenvalue weighted by Crippen LogP contribution is 1.74. The molecule has 0 unspecified atom stereocenters. The van der Waals surface area contributed by atoms with Gasteiger partial charge in [0.05, 0.1) is 0 Å². The molecule has 0 aliphatic heterocycles. The van der Waals surface area contributed by atoms with Crippen LogP contribution >= 0.6 is 0 Å². The summed E-state index contributed by atoms with van der Waals surface area (Å²) in [7, 11) is 0. The first-order valence-corrected chi connectivity index (χ1v) is 2.19. The number of nitrogens with two attached hydrogens (primary N) is 2. The van der Waals surface area contributed by atoms with Crippen molar-refractivity contribution in [1.82, 2.24) is 5.01 Å². The van der Waals surface area contributed by atoms with Crippen LogP contribution in [0.3, 0.4) is 0 Å². The maximum Gasteiger partial charge on any atom is 0.207 e. The summed E-state index contributed by atoms with van der Waals surface area (Å²) in [6.45, 7) is 1.79. The maximum atomic E-state index is 6.73. The molecule has 4 nitrogen and oxygen atoms in total. The van der Waals surface area contributed by atoms with E-state index in [-0.39, 0.29) is 5.96 Å². The van der Waals surface area contributed by atoms with Gasteiger partial charge in [0, 0.05) is 6.20 Å². The summed E-state index contributed by atoms with van der Waals surface area (Å²) in [6, 6.07) is 0. The number of allylic oxidation sites excluding steroid dienone is 1. The molecule has 0 saturated carbocycles. The smallest absolute Gasteiger partial charge is 0.207 e. The Morgan fingerprint density at radius 2 is 2.25 bits per heavy atom. The quantitative estimate of drug-likeness (QED) is 0.188. The Morgan fingerprint density at radius 1 is 1.75 bits per heavy atom. The van der Waals surface area contributed by atoms with Gasteiger partial charge in [-0.15, -0.1) is 0 Å². The number of nitrogens with one attached hydrogen (secondary N) is 1. The van der Waals surface area contributed by atoms with Gasteiger partial charge in [-0.05, 0) is 6.92 Å². The minimum atomic E-state index is -0.164. The summed E-state index contributed by atoms with van der Waals surface area (Å²) in [6.07, 6.45) is 3.20. The van der Waals surface area contributed by atoms with E-state index in [0.29, 0.717) is 0 Å². The van der Waals surface area contributed by atoms with Crippen molar-refractivity contribution in [3.8, 4) is 0 Å². The van der Waals surface area contributed by atoms with E-state index >= 15 is 0 Å². The van der Waals surface area contributed by atoms with E-state index < -0.39 is 0 Å². The van der Waals surface area contributed by atoms with E-state index in [1.165, 1.54) is 6.20 Å². The monoisotopic (exact) mass is 114 g/mol. The van der Waals surface area contributed by atoms with Gasteiger partial charge in [0.2, 0.25) is 5.96 Å². The van der Waals surface area contributed by atoms with Crippen LogP contribution in [0, 0.1) is 5.41 Å². The summed E-state index contributed by atoms with van der Waals surface area (Å²) in [5.41, 5.74) is 4.96. The molecular weight excluding hydrogens is 104 g/mol. The van der Waals surface area contributed by atoms with Crippen LogP contribution in [0.1, 0.15) is 6.92 Å². The van der Waals surface area contributed by atoms with Gasteiger partial charge in [-0.1, -0.05) is 6.08 Å². The molecule has 0 aliphatic rings. The first-order valence-electron chi connectivity index (χ1n) is 2.19.